The summed E-state index contributed by atoms with van der Waals surface area (Å²) in [5.74, 6) is 0.673. The highest BCUT2D eigenvalue weighted by Crippen LogP contribution is 2.40. The third kappa shape index (κ3) is 2.86. The van der Waals surface area contributed by atoms with Crippen LogP contribution in [0, 0.1) is 6.92 Å². The number of hydrogen-bond donors (Lipinski definition) is 2. The molecule has 1 aromatic heterocycles. The molecule has 1 saturated carbocycles. The summed E-state index contributed by atoms with van der Waals surface area (Å²) in [7, 11) is 0. The number of nitrogens with zero attached hydrogens (tertiary/aromatic N) is 5. The van der Waals surface area contributed by atoms with Crippen molar-refractivity contribution in [3.8, 4) is 10.6 Å². The third-order valence-electron chi connectivity index (χ3n) is 4.73. The number of nitrogens with two attached hydrogens (primary N) is 2. The lowest BCUT2D eigenvalue weighted by molar-refractivity contribution is 0.305. The topological polar surface area (TPSA) is 106 Å². The van der Waals surface area contributed by atoms with Gasteiger partial charge in [0.1, 0.15) is 15.7 Å². The number of guanidine groups is 2. The van der Waals surface area contributed by atoms with Crippen LogP contribution in [0.2, 0.25) is 0 Å². The van der Waals surface area contributed by atoms with E-state index in [1.807, 2.05) is 30.0 Å². The minimum atomic E-state index is -0.427. The summed E-state index contributed by atoms with van der Waals surface area (Å²) in [5.41, 5.74) is 13.8. The van der Waals surface area contributed by atoms with E-state index >= 15 is 0 Å². The molecule has 2 aromatic rings. The monoisotopic (exact) mass is 355 g/mol. The molecule has 0 saturated heterocycles. The van der Waals surface area contributed by atoms with E-state index in [4.69, 9.17) is 16.5 Å². The van der Waals surface area contributed by atoms with Gasteiger partial charge >= 0.3 is 0 Å². The Morgan fingerprint density at radius 1 is 1.12 bits per heavy atom. The first-order valence-electron chi connectivity index (χ1n) is 8.48. The Bertz CT molecular complexity index is 848. The number of benzene rings is 1. The molecule has 8 heteroatoms. The summed E-state index contributed by atoms with van der Waals surface area (Å²) in [4.78, 5) is 11.0. The third-order valence-corrected chi connectivity index (χ3v) is 5.62. The largest absolute Gasteiger partial charge is 0.369 e. The van der Waals surface area contributed by atoms with Crippen LogP contribution in [0.5, 0.6) is 0 Å². The molecule has 4 rings (SSSR count). The Labute approximate surface area is 150 Å². The molecule has 4 N–H and O–H groups in total. The van der Waals surface area contributed by atoms with Crippen LogP contribution in [0.25, 0.3) is 10.6 Å². The van der Waals surface area contributed by atoms with Crippen molar-refractivity contribution < 1.29 is 0 Å². The summed E-state index contributed by atoms with van der Waals surface area (Å²) in [6.07, 6.45) is 5.27. The molecule has 0 radical (unpaired) electrons. The van der Waals surface area contributed by atoms with E-state index in [2.05, 4.69) is 21.3 Å². The number of aromatic nitrogens is 2. The molecule has 1 aromatic carbocycles. The summed E-state index contributed by atoms with van der Waals surface area (Å²) in [5, 5.41) is 10.2. The van der Waals surface area contributed by atoms with Crippen molar-refractivity contribution in [1.82, 2.24) is 10.2 Å². The molecule has 1 spiro atoms. The van der Waals surface area contributed by atoms with E-state index in [1.165, 1.54) is 6.42 Å². The van der Waals surface area contributed by atoms with Crippen LogP contribution >= 0.6 is 11.3 Å². The normalized spacial score (nSPS) is 19.6. The molecule has 1 fully saturated rings. The lowest BCUT2D eigenvalue weighted by Crippen LogP contribution is -2.58. The van der Waals surface area contributed by atoms with Crippen LogP contribution in [-0.2, 0) is 0 Å². The summed E-state index contributed by atoms with van der Waals surface area (Å²) in [6.45, 7) is 1.95. The van der Waals surface area contributed by atoms with Crippen molar-refractivity contribution in [2.24, 2.45) is 21.5 Å². The predicted octanol–water partition coefficient (Wildman–Crippen LogP) is 2.62. The Morgan fingerprint density at radius 2 is 1.92 bits per heavy atom. The van der Waals surface area contributed by atoms with Crippen LogP contribution in [0.4, 0.5) is 5.69 Å². The fraction of sp³-hybridized carbons (Fsp3) is 0.412. The SMILES string of the molecule is Cc1nnc(-c2cccc(N3C(N)=NC(N)=NC34CCCCC4)c2)s1. The van der Waals surface area contributed by atoms with E-state index in [0.29, 0.717) is 5.96 Å². The van der Waals surface area contributed by atoms with E-state index in [0.717, 1.165) is 46.9 Å². The van der Waals surface area contributed by atoms with Gasteiger partial charge in [-0.15, -0.1) is 10.2 Å². The summed E-state index contributed by atoms with van der Waals surface area (Å²) >= 11 is 1.57. The van der Waals surface area contributed by atoms with E-state index in [-0.39, 0.29) is 5.96 Å². The second-order valence-corrected chi connectivity index (χ2v) is 7.68. The molecule has 2 heterocycles. The van der Waals surface area contributed by atoms with Gasteiger partial charge in [0.05, 0.1) is 0 Å². The van der Waals surface area contributed by atoms with Crippen molar-refractivity contribution in [3.05, 3.63) is 29.3 Å². The number of aliphatic imine (C=N–C) groups is 2. The van der Waals surface area contributed by atoms with Gasteiger partial charge in [-0.25, -0.2) is 4.99 Å². The Hall–Kier alpha value is -2.48. The van der Waals surface area contributed by atoms with Crippen molar-refractivity contribution in [2.75, 3.05) is 4.90 Å². The van der Waals surface area contributed by atoms with Gasteiger partial charge in [-0.3, -0.25) is 4.90 Å². The molecule has 1 aliphatic heterocycles. The van der Waals surface area contributed by atoms with Gasteiger partial charge in [0, 0.05) is 11.3 Å². The minimum Gasteiger partial charge on any atom is -0.369 e. The highest BCUT2D eigenvalue weighted by Gasteiger charge is 2.42. The first-order chi connectivity index (χ1) is 12.1. The van der Waals surface area contributed by atoms with Crippen molar-refractivity contribution in [2.45, 2.75) is 44.7 Å². The average molecular weight is 355 g/mol. The molecule has 0 atom stereocenters. The van der Waals surface area contributed by atoms with Crippen molar-refractivity contribution in [1.29, 1.82) is 0 Å². The lowest BCUT2D eigenvalue weighted by Gasteiger charge is -2.45. The molecule has 0 amide bonds. The molecule has 2 aliphatic rings. The molecular weight excluding hydrogens is 334 g/mol. The lowest BCUT2D eigenvalue weighted by atomic mass is 9.87. The Kier molecular flexibility index (Phi) is 3.91. The summed E-state index contributed by atoms with van der Waals surface area (Å²) in [6, 6.07) is 8.15. The minimum absolute atomic E-state index is 0.270. The number of hydrogen-bond acceptors (Lipinski definition) is 8. The average Bonchev–Trinajstić information content (AvgIpc) is 3.01. The smallest absolute Gasteiger partial charge is 0.220 e. The zero-order valence-corrected chi connectivity index (χ0v) is 15.0. The van der Waals surface area contributed by atoms with Gasteiger partial charge in [-0.05, 0) is 44.7 Å². The highest BCUT2D eigenvalue weighted by molar-refractivity contribution is 7.14. The van der Waals surface area contributed by atoms with Gasteiger partial charge in [-0.2, -0.15) is 4.99 Å². The molecule has 0 unspecified atom stereocenters. The quantitative estimate of drug-likeness (QED) is 0.861. The van der Waals surface area contributed by atoms with Crippen molar-refractivity contribution in [3.63, 3.8) is 0 Å². The number of rotatable bonds is 2. The van der Waals surface area contributed by atoms with Crippen molar-refractivity contribution >= 4 is 28.9 Å². The maximum Gasteiger partial charge on any atom is 0.220 e. The molecule has 7 nitrogen and oxygen atoms in total. The van der Waals surface area contributed by atoms with Gasteiger partial charge in [0.25, 0.3) is 0 Å². The Balaban J connectivity index is 1.78. The first-order valence-corrected chi connectivity index (χ1v) is 9.29. The summed E-state index contributed by atoms with van der Waals surface area (Å²) < 4.78 is 0. The van der Waals surface area contributed by atoms with E-state index in [9.17, 15) is 0 Å². The van der Waals surface area contributed by atoms with Crippen LogP contribution in [0.1, 0.15) is 37.1 Å². The van der Waals surface area contributed by atoms with E-state index in [1.54, 1.807) is 11.3 Å². The fourth-order valence-electron chi connectivity index (χ4n) is 3.69. The fourth-order valence-corrected chi connectivity index (χ4v) is 4.37. The van der Waals surface area contributed by atoms with Crippen LogP contribution in [0.15, 0.2) is 34.3 Å². The molecular formula is C17H21N7S. The second kappa shape index (κ2) is 6.11. The van der Waals surface area contributed by atoms with Gasteiger partial charge in [0.2, 0.25) is 11.9 Å². The van der Waals surface area contributed by atoms with Gasteiger partial charge in [0.15, 0.2) is 0 Å². The molecule has 0 bridgehead atoms. The van der Waals surface area contributed by atoms with Crippen LogP contribution in [-0.4, -0.2) is 27.8 Å². The van der Waals surface area contributed by atoms with Gasteiger partial charge < -0.3 is 11.5 Å². The zero-order chi connectivity index (χ0) is 17.4. The Morgan fingerprint density at radius 3 is 2.64 bits per heavy atom. The van der Waals surface area contributed by atoms with Gasteiger partial charge in [-0.1, -0.05) is 29.9 Å². The number of aryl methyl sites for hydroxylation is 1. The van der Waals surface area contributed by atoms with E-state index < -0.39 is 5.66 Å². The van der Waals surface area contributed by atoms with Crippen LogP contribution < -0.4 is 16.4 Å². The van der Waals surface area contributed by atoms with Crippen LogP contribution in [0.3, 0.4) is 0 Å². The molecule has 1 aliphatic carbocycles. The second-order valence-electron chi connectivity index (χ2n) is 6.50. The number of anilines is 1. The standard InChI is InChI=1S/C17H21N7S/c1-11-22-23-14(25-11)12-6-5-7-13(10-12)24-16(19)20-15(18)21-17(24)8-3-2-4-9-17/h5-7,10H,2-4,8-9H2,1H3,(H4,18,19,20,21). The predicted molar refractivity (Wildman–Crippen MR) is 102 cm³/mol. The maximum absolute atomic E-state index is 6.29. The molecule has 130 valence electrons. The molecule has 25 heavy (non-hydrogen) atoms. The maximum atomic E-state index is 6.29. The zero-order valence-electron chi connectivity index (χ0n) is 14.1. The first kappa shape index (κ1) is 16.0. The highest BCUT2D eigenvalue weighted by atomic mass is 32.1.